The van der Waals surface area contributed by atoms with Crippen molar-refractivity contribution >= 4 is 82.7 Å². The van der Waals surface area contributed by atoms with Gasteiger partial charge in [0.2, 0.25) is 0 Å². The van der Waals surface area contributed by atoms with Gasteiger partial charge in [-0.05, 0) is 47.8 Å². The van der Waals surface area contributed by atoms with Crippen molar-refractivity contribution in [1.82, 2.24) is 0 Å². The van der Waals surface area contributed by atoms with Crippen LogP contribution in [0.15, 0.2) is 168 Å². The van der Waals surface area contributed by atoms with E-state index in [0.717, 1.165) is 33.9 Å². The fraction of sp³-hybridized carbons (Fsp3) is 0.0556. The first-order valence-electron chi connectivity index (χ1n) is 13.3. The largest absolute Gasteiger partial charge is 0.214 e. The molecule has 0 bridgehead atoms. The van der Waals surface area contributed by atoms with Crippen LogP contribution in [0.1, 0.15) is 25.0 Å². The summed E-state index contributed by atoms with van der Waals surface area (Å²) in [4.78, 5) is 8.99. The van der Waals surface area contributed by atoms with E-state index in [1.54, 1.807) is 0 Å². The third-order valence-electron chi connectivity index (χ3n) is 5.48. The molecule has 0 aromatic heterocycles. The average molecular weight is 865 g/mol. The first-order valence-corrected chi connectivity index (χ1v) is 21.3. The number of hydrogen-bond acceptors (Lipinski definition) is 2. The van der Waals surface area contributed by atoms with Crippen LogP contribution < -0.4 is 0 Å². The second-order valence-electron chi connectivity index (χ2n) is 8.70. The minimum atomic E-state index is -0.826. The van der Waals surface area contributed by atoms with Gasteiger partial charge < -0.3 is 9.98 Å². The van der Waals surface area contributed by atoms with Gasteiger partial charge in [0.1, 0.15) is 0 Å². The summed E-state index contributed by atoms with van der Waals surface area (Å²) in [5, 5.41) is 1.43. The van der Waals surface area contributed by atoms with E-state index in [2.05, 4.69) is 9.98 Å². The van der Waals surface area contributed by atoms with Crippen LogP contribution in [0, 0.1) is 0 Å². The Labute approximate surface area is 316 Å². The molecule has 0 fully saturated rings. The van der Waals surface area contributed by atoms with Crippen LogP contribution in [0.2, 0.25) is 10.0 Å². The van der Waals surface area contributed by atoms with Crippen molar-refractivity contribution < 1.29 is 34.1 Å². The molecule has 0 aliphatic heterocycles. The number of halogens is 4. The molecular weight excluding hydrogens is 833 g/mol. The van der Waals surface area contributed by atoms with Crippen LogP contribution >= 0.6 is 41.0 Å². The molecule has 0 atom stereocenters. The Morgan fingerprint density at radius 3 is 1.13 bits per heavy atom. The summed E-state index contributed by atoms with van der Waals surface area (Å²) < 4.78 is 0. The molecule has 238 valence electrons. The Balaban J connectivity index is 0.000000600. The number of nitrogens with zero attached hydrogens (tertiary/aromatic N) is 2. The van der Waals surface area contributed by atoms with Crippen molar-refractivity contribution in [2.45, 2.75) is 13.8 Å². The second kappa shape index (κ2) is 27.3. The minimum absolute atomic E-state index is 0. The van der Waals surface area contributed by atoms with Gasteiger partial charge in [0.15, 0.2) is 0 Å². The Bertz CT molecular complexity index is 1390. The first-order chi connectivity index (χ1) is 20.9. The van der Waals surface area contributed by atoms with Gasteiger partial charge in [0.25, 0.3) is 0 Å². The number of rotatable bonds is 4. The molecule has 0 aliphatic rings. The summed E-state index contributed by atoms with van der Waals surface area (Å²) in [5.74, 6) is 0. The average Bonchev–Trinajstić information content (AvgIpc) is 3.83. The van der Waals surface area contributed by atoms with E-state index < -0.39 is 18.9 Å². The molecule has 0 aliphatic carbocycles. The number of aliphatic imine (C=N–C) groups is 2. The summed E-state index contributed by atoms with van der Waals surface area (Å²) >= 11 is 10.9. The Morgan fingerprint density at radius 2 is 0.889 bits per heavy atom. The van der Waals surface area contributed by atoms with Gasteiger partial charge in [0, 0.05) is 44.2 Å². The monoisotopic (exact) mass is 864 g/mol. The third kappa shape index (κ3) is 20.1. The molecule has 6 aromatic carbocycles. The maximum absolute atomic E-state index is 5.88. The minimum Gasteiger partial charge on any atom is -0.214 e. The molecule has 0 saturated carbocycles. The summed E-state index contributed by atoms with van der Waals surface area (Å²) in [6.07, 6.45) is 0. The molecule has 6 aromatic rings. The van der Waals surface area contributed by atoms with Gasteiger partial charge in [-0.3, -0.25) is 0 Å². The fourth-order valence-corrected chi connectivity index (χ4v) is 3.85. The first kappa shape index (κ1) is 43.2. The van der Waals surface area contributed by atoms with Gasteiger partial charge in [-0.2, -0.15) is 72.8 Å². The van der Waals surface area contributed by atoms with Crippen molar-refractivity contribution in [2.24, 2.45) is 9.98 Å². The van der Waals surface area contributed by atoms with Crippen molar-refractivity contribution in [3.8, 4) is 0 Å². The van der Waals surface area contributed by atoms with Crippen molar-refractivity contribution in [1.29, 1.82) is 0 Å². The van der Waals surface area contributed by atoms with Gasteiger partial charge in [-0.15, -0.1) is 23.3 Å². The zero-order valence-electron chi connectivity index (χ0n) is 24.6. The standard InChI is InChI=1S/2C13H11ClN.2C5H5.2ClH.2Fe.Sn/c2*1-10(11-5-2-3-6-11)15-13-8-4-7-12(14)9-13;2*1-2-4-5-3-1;;;;;/h2*2-9H,1H3;2*1-5H;2*1H;;;/q4*-1;;;;;+2/p-2. The summed E-state index contributed by atoms with van der Waals surface area (Å²) in [7, 11) is 9.87. The van der Waals surface area contributed by atoms with Crippen molar-refractivity contribution in [3.63, 3.8) is 0 Å². The van der Waals surface area contributed by atoms with E-state index in [1.165, 1.54) is 0 Å². The van der Waals surface area contributed by atoms with Gasteiger partial charge in [-0.25, -0.2) is 24.3 Å². The van der Waals surface area contributed by atoms with E-state index in [9.17, 15) is 0 Å². The molecule has 0 unspecified atom stereocenters. The smallest absolute Gasteiger partial charge is 0 e. The van der Waals surface area contributed by atoms with Crippen LogP contribution in [-0.4, -0.2) is 30.3 Å². The van der Waals surface area contributed by atoms with Crippen LogP contribution in [0.25, 0.3) is 0 Å². The normalized spacial score (nSPS) is 10.0. The molecule has 6 rings (SSSR count). The van der Waals surface area contributed by atoms with E-state index in [-0.39, 0.29) is 34.1 Å². The fourth-order valence-electron chi connectivity index (χ4n) is 3.48. The van der Waals surface area contributed by atoms with E-state index in [4.69, 9.17) is 41.0 Å². The van der Waals surface area contributed by atoms with E-state index >= 15 is 0 Å². The molecule has 0 spiro atoms. The van der Waals surface area contributed by atoms with Crippen molar-refractivity contribution in [2.75, 3.05) is 0 Å². The quantitative estimate of drug-likeness (QED) is 0.0958. The summed E-state index contributed by atoms with van der Waals surface area (Å²) in [5.41, 5.74) is 6.08. The Hall–Kier alpha value is -1.82. The Kier molecular flexibility index (Phi) is 26.2. The van der Waals surface area contributed by atoms with Gasteiger partial charge >= 0.3 is 36.7 Å². The van der Waals surface area contributed by atoms with E-state index in [1.807, 2.05) is 172 Å². The molecule has 0 amide bonds. The number of hydrogen-bond donors (Lipinski definition) is 0. The predicted octanol–water partition coefficient (Wildman–Crippen LogP) is 12.2. The zero-order chi connectivity index (χ0) is 31.1. The third-order valence-corrected chi connectivity index (χ3v) is 5.95. The SMILES string of the molecule is CC(=Nc1cccc(Cl)c1)c1ccc[cH-]1.CC(=Nc1cccc(Cl)c1)c1ccc[cH-]1.[Cl][Sn][Cl].[Fe].[Fe].c1cc[cH-]c1.c1cc[cH-]c1. The maximum Gasteiger partial charge on any atom is 0 e. The maximum atomic E-state index is 5.88. The summed E-state index contributed by atoms with van der Waals surface area (Å²) in [6.45, 7) is 3.99. The molecule has 0 saturated heterocycles. The second-order valence-corrected chi connectivity index (χ2v) is 13.8. The van der Waals surface area contributed by atoms with Crippen LogP contribution in [0.5, 0.6) is 0 Å². The van der Waals surface area contributed by atoms with Crippen LogP contribution in [0.4, 0.5) is 11.4 Å². The molecule has 45 heavy (non-hydrogen) atoms. The molecule has 0 N–H and O–H groups in total. The molecule has 0 heterocycles. The van der Waals surface area contributed by atoms with Crippen LogP contribution in [0.3, 0.4) is 0 Å². The Morgan fingerprint density at radius 1 is 0.533 bits per heavy atom. The van der Waals surface area contributed by atoms with Crippen molar-refractivity contribution in [3.05, 3.63) is 179 Å². The molecule has 2 nitrogen and oxygen atoms in total. The molecule has 9 heteroatoms. The molecule has 2 radical (unpaired) electrons. The van der Waals surface area contributed by atoms with Gasteiger partial charge in [0.05, 0.1) is 11.4 Å². The topological polar surface area (TPSA) is 24.7 Å². The van der Waals surface area contributed by atoms with Gasteiger partial charge in [-0.1, -0.05) is 49.2 Å². The van der Waals surface area contributed by atoms with E-state index in [0.29, 0.717) is 10.0 Å². The predicted molar refractivity (Wildman–Crippen MR) is 192 cm³/mol. The molecular formula is C36H32Cl4Fe2N2Sn-4. The number of benzene rings is 2. The van der Waals surface area contributed by atoms with Crippen LogP contribution in [-0.2, 0) is 34.1 Å². The zero-order valence-corrected chi connectivity index (χ0v) is 32.7. The summed E-state index contributed by atoms with van der Waals surface area (Å²) in [6, 6.07) is 51.3.